The molecule has 1 heterocycles. The average molecular weight is 322 g/mol. The zero-order valence-corrected chi connectivity index (χ0v) is 14.8. The highest BCUT2D eigenvalue weighted by atomic mass is 16.5. The maximum atomic E-state index is 12.8. The van der Waals surface area contributed by atoms with Crippen molar-refractivity contribution in [2.45, 2.75) is 82.8 Å². The summed E-state index contributed by atoms with van der Waals surface area (Å²) in [6, 6.07) is 0. The van der Waals surface area contributed by atoms with Crippen LogP contribution in [0, 0.1) is 11.8 Å². The average Bonchev–Trinajstić information content (AvgIpc) is 3.06. The Morgan fingerprint density at radius 2 is 1.74 bits per heavy atom. The molecule has 4 nitrogen and oxygen atoms in total. The number of rotatable bonds is 4. The predicted octanol–water partition coefficient (Wildman–Crippen LogP) is 3.09. The zero-order valence-electron chi connectivity index (χ0n) is 14.8. The smallest absolute Gasteiger partial charge is 0.227 e. The summed E-state index contributed by atoms with van der Waals surface area (Å²) >= 11 is 0. The van der Waals surface area contributed by atoms with Crippen LogP contribution in [-0.2, 0) is 9.53 Å². The van der Waals surface area contributed by atoms with Crippen LogP contribution < -0.4 is 5.73 Å². The van der Waals surface area contributed by atoms with Gasteiger partial charge in [-0.2, -0.15) is 0 Å². The summed E-state index contributed by atoms with van der Waals surface area (Å²) in [7, 11) is 0. The molecule has 3 aliphatic rings. The lowest BCUT2D eigenvalue weighted by Crippen LogP contribution is -2.55. The van der Waals surface area contributed by atoms with Gasteiger partial charge in [0.15, 0.2) is 0 Å². The van der Waals surface area contributed by atoms with Crippen molar-refractivity contribution in [2.75, 3.05) is 19.7 Å². The molecule has 3 rings (SSSR count). The van der Waals surface area contributed by atoms with Gasteiger partial charge in [-0.3, -0.25) is 4.79 Å². The highest BCUT2D eigenvalue weighted by molar-refractivity contribution is 5.80. The van der Waals surface area contributed by atoms with Gasteiger partial charge < -0.3 is 15.4 Å². The van der Waals surface area contributed by atoms with Gasteiger partial charge >= 0.3 is 0 Å². The molecule has 0 aromatic rings. The van der Waals surface area contributed by atoms with Gasteiger partial charge in [-0.15, -0.1) is 0 Å². The van der Waals surface area contributed by atoms with E-state index in [1.54, 1.807) is 0 Å². The SMILES string of the molecule is CC1(N)CCCCC1C(=O)N1CCC(OCC2CCCC2)CC1. The summed E-state index contributed by atoms with van der Waals surface area (Å²) in [5.41, 5.74) is 6.09. The molecule has 2 unspecified atom stereocenters. The third-order valence-electron chi connectivity index (χ3n) is 6.35. The minimum Gasteiger partial charge on any atom is -0.378 e. The van der Waals surface area contributed by atoms with Crippen molar-refractivity contribution in [3.63, 3.8) is 0 Å². The molecule has 2 atom stereocenters. The summed E-state index contributed by atoms with van der Waals surface area (Å²) < 4.78 is 6.12. The van der Waals surface area contributed by atoms with E-state index in [9.17, 15) is 4.79 Å². The fraction of sp³-hybridized carbons (Fsp3) is 0.947. The number of ether oxygens (including phenoxy) is 1. The summed E-state index contributed by atoms with van der Waals surface area (Å²) in [5.74, 6) is 1.10. The van der Waals surface area contributed by atoms with Gasteiger partial charge in [0.1, 0.15) is 0 Å². The van der Waals surface area contributed by atoms with Gasteiger partial charge in [-0.05, 0) is 51.4 Å². The van der Waals surface area contributed by atoms with Gasteiger partial charge in [0.05, 0.1) is 12.0 Å². The molecule has 0 aromatic heterocycles. The predicted molar refractivity (Wildman–Crippen MR) is 92.1 cm³/mol. The Hall–Kier alpha value is -0.610. The number of hydrogen-bond acceptors (Lipinski definition) is 3. The van der Waals surface area contributed by atoms with Crippen LogP contribution in [0.4, 0.5) is 0 Å². The second-order valence-corrected chi connectivity index (χ2v) is 8.31. The normalized spacial score (nSPS) is 34.0. The van der Waals surface area contributed by atoms with E-state index >= 15 is 0 Å². The minimum absolute atomic E-state index is 0.0206. The first kappa shape index (κ1) is 17.2. The maximum Gasteiger partial charge on any atom is 0.227 e. The molecule has 2 N–H and O–H groups in total. The molecule has 1 amide bonds. The largest absolute Gasteiger partial charge is 0.378 e. The van der Waals surface area contributed by atoms with E-state index in [0.29, 0.717) is 12.0 Å². The maximum absolute atomic E-state index is 12.8. The quantitative estimate of drug-likeness (QED) is 0.865. The van der Waals surface area contributed by atoms with Crippen LogP contribution in [-0.4, -0.2) is 42.1 Å². The van der Waals surface area contributed by atoms with Gasteiger partial charge in [0.25, 0.3) is 0 Å². The third-order valence-corrected chi connectivity index (χ3v) is 6.35. The molecule has 0 aromatic carbocycles. The van der Waals surface area contributed by atoms with E-state index in [1.807, 2.05) is 0 Å². The molecule has 2 aliphatic carbocycles. The Kier molecular flexibility index (Phi) is 5.63. The Bertz CT molecular complexity index is 396. The van der Waals surface area contributed by atoms with Crippen LogP contribution in [0.3, 0.4) is 0 Å². The summed E-state index contributed by atoms with van der Waals surface area (Å²) in [6.07, 6.45) is 12.0. The molecule has 1 saturated heterocycles. The Labute approximate surface area is 141 Å². The fourth-order valence-corrected chi connectivity index (χ4v) is 4.68. The Balaban J connectivity index is 1.43. The molecule has 2 saturated carbocycles. The number of piperidine rings is 1. The van der Waals surface area contributed by atoms with Crippen molar-refractivity contribution in [3.05, 3.63) is 0 Å². The van der Waals surface area contributed by atoms with Crippen molar-refractivity contribution >= 4 is 5.91 Å². The molecular formula is C19H34N2O2. The minimum atomic E-state index is -0.314. The van der Waals surface area contributed by atoms with E-state index in [4.69, 9.17) is 10.5 Å². The first-order valence-electron chi connectivity index (χ1n) is 9.75. The Morgan fingerprint density at radius 1 is 1.09 bits per heavy atom. The molecule has 132 valence electrons. The van der Waals surface area contributed by atoms with E-state index in [1.165, 1.54) is 25.7 Å². The highest BCUT2D eigenvalue weighted by Crippen LogP contribution is 2.34. The number of carbonyl (C=O) groups is 1. The van der Waals surface area contributed by atoms with E-state index in [2.05, 4.69) is 11.8 Å². The fourth-order valence-electron chi connectivity index (χ4n) is 4.68. The van der Waals surface area contributed by atoms with Crippen LogP contribution >= 0.6 is 0 Å². The van der Waals surface area contributed by atoms with Crippen LogP contribution in [0.25, 0.3) is 0 Å². The van der Waals surface area contributed by atoms with Crippen molar-refractivity contribution in [3.8, 4) is 0 Å². The molecule has 0 spiro atoms. The molecule has 0 radical (unpaired) electrons. The number of nitrogens with zero attached hydrogens (tertiary/aromatic N) is 1. The molecule has 1 aliphatic heterocycles. The first-order chi connectivity index (χ1) is 11.1. The van der Waals surface area contributed by atoms with Crippen molar-refractivity contribution in [1.29, 1.82) is 0 Å². The highest BCUT2D eigenvalue weighted by Gasteiger charge is 2.40. The third kappa shape index (κ3) is 4.27. The summed E-state index contributed by atoms with van der Waals surface area (Å²) in [4.78, 5) is 14.9. The van der Waals surface area contributed by atoms with Gasteiger partial charge in [-0.1, -0.05) is 25.7 Å². The van der Waals surface area contributed by atoms with E-state index < -0.39 is 0 Å². The first-order valence-corrected chi connectivity index (χ1v) is 9.75. The summed E-state index contributed by atoms with van der Waals surface area (Å²) in [5, 5.41) is 0. The number of hydrogen-bond donors (Lipinski definition) is 1. The second-order valence-electron chi connectivity index (χ2n) is 8.31. The zero-order chi connectivity index (χ0) is 16.3. The topological polar surface area (TPSA) is 55.6 Å². The molecule has 0 bridgehead atoms. The molecule has 23 heavy (non-hydrogen) atoms. The van der Waals surface area contributed by atoms with Crippen molar-refractivity contribution in [1.82, 2.24) is 4.90 Å². The lowest BCUT2D eigenvalue weighted by atomic mass is 9.74. The van der Waals surface area contributed by atoms with Crippen LogP contribution in [0.15, 0.2) is 0 Å². The van der Waals surface area contributed by atoms with Gasteiger partial charge in [0.2, 0.25) is 5.91 Å². The molecule has 3 fully saturated rings. The standard InChI is InChI=1S/C19H34N2O2/c1-19(20)11-5-4-8-17(19)18(22)21-12-9-16(10-13-21)23-14-15-6-2-3-7-15/h15-17H,2-14,20H2,1H3. The van der Waals surface area contributed by atoms with Crippen LogP contribution in [0.5, 0.6) is 0 Å². The number of amides is 1. The Morgan fingerprint density at radius 3 is 2.39 bits per heavy atom. The lowest BCUT2D eigenvalue weighted by molar-refractivity contribution is -0.141. The number of likely N-dealkylation sites (tertiary alicyclic amines) is 1. The molecule has 4 heteroatoms. The van der Waals surface area contributed by atoms with Gasteiger partial charge in [0, 0.05) is 25.2 Å². The lowest BCUT2D eigenvalue weighted by Gasteiger charge is -2.41. The number of nitrogens with two attached hydrogens (primary N) is 1. The van der Waals surface area contributed by atoms with E-state index in [0.717, 1.165) is 64.1 Å². The van der Waals surface area contributed by atoms with Crippen molar-refractivity contribution < 1.29 is 9.53 Å². The molecular weight excluding hydrogens is 288 g/mol. The van der Waals surface area contributed by atoms with E-state index in [-0.39, 0.29) is 11.5 Å². The van der Waals surface area contributed by atoms with Gasteiger partial charge in [-0.25, -0.2) is 0 Å². The van der Waals surface area contributed by atoms with Crippen LogP contribution in [0.2, 0.25) is 0 Å². The number of carbonyl (C=O) groups excluding carboxylic acids is 1. The summed E-state index contributed by atoms with van der Waals surface area (Å²) in [6.45, 7) is 4.69. The monoisotopic (exact) mass is 322 g/mol. The second kappa shape index (κ2) is 7.52. The van der Waals surface area contributed by atoms with Crippen molar-refractivity contribution in [2.24, 2.45) is 17.6 Å². The van der Waals surface area contributed by atoms with Crippen LogP contribution in [0.1, 0.15) is 71.1 Å².